The first kappa shape index (κ1) is 52.0. The van der Waals surface area contributed by atoms with Gasteiger partial charge in [-0.05, 0) is 105 Å². The number of rotatable bonds is 20. The van der Waals surface area contributed by atoms with Gasteiger partial charge >= 0.3 is 12.2 Å². The van der Waals surface area contributed by atoms with Crippen LogP contribution in [0, 0.1) is 11.8 Å². The van der Waals surface area contributed by atoms with E-state index in [0.29, 0.717) is 72.0 Å². The Kier molecular flexibility index (Phi) is 16.2. The highest BCUT2D eigenvalue weighted by Gasteiger charge is 2.29. The monoisotopic (exact) mass is 982 g/mol. The molecule has 2 amide bonds. The van der Waals surface area contributed by atoms with Crippen molar-refractivity contribution in [2.45, 2.75) is 102 Å². The maximum absolute atomic E-state index is 13.7. The number of ether oxygens (including phenoxy) is 3. The number of methoxy groups -OCH3 is 1. The van der Waals surface area contributed by atoms with Crippen LogP contribution in [0.4, 0.5) is 9.59 Å². The van der Waals surface area contributed by atoms with Gasteiger partial charge in [-0.1, -0.05) is 93.6 Å². The third-order valence-corrected chi connectivity index (χ3v) is 14.0. The van der Waals surface area contributed by atoms with Gasteiger partial charge in [0.05, 0.1) is 30.1 Å². The van der Waals surface area contributed by atoms with Gasteiger partial charge in [0, 0.05) is 49.0 Å². The van der Waals surface area contributed by atoms with Crippen LogP contribution in [-0.2, 0) is 71.4 Å². The number of hydrogen-bond acceptors (Lipinski definition) is 12. The average molecular weight is 983 g/mol. The molecular formula is C51H62N6O10S2. The van der Waals surface area contributed by atoms with E-state index in [-0.39, 0.29) is 28.2 Å². The molecule has 0 fully saturated rings. The molecule has 6 rings (SSSR count). The second-order valence-electron chi connectivity index (χ2n) is 18.5. The fourth-order valence-electron chi connectivity index (χ4n) is 8.09. The van der Waals surface area contributed by atoms with E-state index in [4.69, 9.17) is 9.47 Å². The minimum atomic E-state index is -4.36. The third-order valence-electron chi connectivity index (χ3n) is 11.3. The molecule has 16 nitrogen and oxygen atoms in total. The summed E-state index contributed by atoms with van der Waals surface area (Å²) in [5, 5.41) is 10.5. The Morgan fingerprint density at radius 1 is 0.667 bits per heavy atom. The minimum absolute atomic E-state index is 0.0165. The summed E-state index contributed by atoms with van der Waals surface area (Å²) < 4.78 is 78.3. The van der Waals surface area contributed by atoms with E-state index in [9.17, 15) is 31.5 Å². The van der Waals surface area contributed by atoms with Gasteiger partial charge in [-0.25, -0.2) is 45.8 Å². The van der Waals surface area contributed by atoms with Crippen molar-refractivity contribution < 1.29 is 45.7 Å². The summed E-state index contributed by atoms with van der Waals surface area (Å²) in [5.41, 5.74) is 3.50. The maximum Gasteiger partial charge on any atom is 0.421 e. The molecule has 4 aromatic carbocycles. The van der Waals surface area contributed by atoms with Crippen LogP contribution in [0.3, 0.4) is 0 Å². The van der Waals surface area contributed by atoms with Crippen molar-refractivity contribution in [2.75, 3.05) is 20.3 Å². The predicted octanol–water partition coefficient (Wildman–Crippen LogP) is 8.55. The quantitative estimate of drug-likeness (QED) is 0.0657. The van der Waals surface area contributed by atoms with Crippen molar-refractivity contribution in [1.82, 2.24) is 28.5 Å². The molecule has 18 heteroatoms. The molecule has 69 heavy (non-hydrogen) atoms. The van der Waals surface area contributed by atoms with Gasteiger partial charge in [0.15, 0.2) is 0 Å². The molecule has 0 radical (unpaired) electrons. The molecule has 1 unspecified atom stereocenters. The summed E-state index contributed by atoms with van der Waals surface area (Å²) in [6.07, 6.45) is 5.94. The molecule has 0 aliphatic heterocycles. The summed E-state index contributed by atoms with van der Waals surface area (Å²) in [7, 11) is -7.53. The second-order valence-corrected chi connectivity index (χ2v) is 21.8. The lowest BCUT2D eigenvalue weighted by atomic mass is 9.97. The summed E-state index contributed by atoms with van der Waals surface area (Å²) in [4.78, 5) is 33.3. The summed E-state index contributed by atoms with van der Waals surface area (Å²) in [6.45, 7) is 16.1. The molecule has 368 valence electrons. The molecule has 2 aromatic heterocycles. The third kappa shape index (κ3) is 13.3. The molecule has 0 saturated carbocycles. The van der Waals surface area contributed by atoms with Crippen LogP contribution in [0.5, 0.6) is 0 Å². The van der Waals surface area contributed by atoms with E-state index in [1.54, 1.807) is 63.6 Å². The number of benzene rings is 4. The van der Waals surface area contributed by atoms with Gasteiger partial charge in [0.1, 0.15) is 22.9 Å². The number of aliphatic hydroxyl groups is 1. The van der Waals surface area contributed by atoms with Crippen LogP contribution in [0.1, 0.15) is 89.3 Å². The Bertz CT molecular complexity index is 2970. The molecule has 0 bridgehead atoms. The Labute approximate surface area is 405 Å². The highest BCUT2D eigenvalue weighted by molar-refractivity contribution is 7.90. The van der Waals surface area contributed by atoms with Crippen LogP contribution in [0.25, 0.3) is 22.3 Å². The number of aromatic nitrogens is 4. The number of carbonyl (C=O) groups excluding carboxylic acids is 2. The standard InChI is InChI=1S/C51H62N6O10S2/c1-10-66-49(59)55-69(63,64)44-29-38(27-34(2)3)15-21-42(44)40-19-13-37(14-20-40)32-57-26-24-53-47(57)51(7,8)67-33-35(4)28-39-16-22-43(45(30-39)68(61,62)54-48(58)65-9)41-17-11-36(12-18-41)31-56-25-23-52-46(56)50(5,6)60/h11-26,29-30,34-35,60H,10,27-28,31-33H2,1-9H3,(H,54,58)(H,55,59). The van der Waals surface area contributed by atoms with E-state index in [1.807, 2.05) is 120 Å². The van der Waals surface area contributed by atoms with Crippen LogP contribution < -0.4 is 9.44 Å². The zero-order chi connectivity index (χ0) is 50.3. The first-order valence-electron chi connectivity index (χ1n) is 22.6. The molecule has 0 saturated heterocycles. The van der Waals surface area contributed by atoms with E-state index in [1.165, 1.54) is 0 Å². The summed E-state index contributed by atoms with van der Waals surface area (Å²) >= 11 is 0. The first-order chi connectivity index (χ1) is 32.5. The summed E-state index contributed by atoms with van der Waals surface area (Å²) in [6, 6.07) is 25.3. The average Bonchev–Trinajstić information content (AvgIpc) is 3.97. The molecule has 2 heterocycles. The number of nitrogens with zero attached hydrogens (tertiary/aromatic N) is 4. The smallest absolute Gasteiger partial charge is 0.421 e. The molecule has 0 spiro atoms. The van der Waals surface area contributed by atoms with E-state index >= 15 is 0 Å². The number of carbonyl (C=O) groups is 2. The molecule has 1 atom stereocenters. The van der Waals surface area contributed by atoms with Gasteiger partial charge in [-0.15, -0.1) is 0 Å². The van der Waals surface area contributed by atoms with Gasteiger partial charge in [0.25, 0.3) is 20.0 Å². The topological polar surface area (TPSA) is 210 Å². The molecule has 6 aromatic rings. The fourth-order valence-corrected chi connectivity index (χ4v) is 10.5. The van der Waals surface area contributed by atoms with Crippen molar-refractivity contribution in [1.29, 1.82) is 0 Å². The lowest BCUT2D eigenvalue weighted by molar-refractivity contribution is -0.0450. The Morgan fingerprint density at radius 3 is 1.58 bits per heavy atom. The van der Waals surface area contributed by atoms with Crippen molar-refractivity contribution >= 4 is 32.2 Å². The van der Waals surface area contributed by atoms with E-state index in [2.05, 4.69) is 14.7 Å². The number of amides is 2. The molecule has 0 aliphatic carbocycles. The largest absolute Gasteiger partial charge is 0.452 e. The number of hydrogen-bond donors (Lipinski definition) is 3. The fraction of sp³-hybridized carbons (Fsp3) is 0.373. The van der Waals surface area contributed by atoms with Crippen LogP contribution in [-0.4, -0.2) is 73.6 Å². The van der Waals surface area contributed by atoms with Crippen molar-refractivity contribution in [3.63, 3.8) is 0 Å². The lowest BCUT2D eigenvalue weighted by Gasteiger charge is -2.27. The first-order valence-corrected chi connectivity index (χ1v) is 25.6. The van der Waals surface area contributed by atoms with E-state index < -0.39 is 43.4 Å². The maximum atomic E-state index is 13.7. The van der Waals surface area contributed by atoms with Crippen molar-refractivity contribution in [3.8, 4) is 22.3 Å². The van der Waals surface area contributed by atoms with E-state index in [0.717, 1.165) is 23.8 Å². The Morgan fingerprint density at radius 2 is 1.12 bits per heavy atom. The number of sulfonamides is 2. The second kappa shape index (κ2) is 21.5. The van der Waals surface area contributed by atoms with Crippen molar-refractivity contribution in [2.24, 2.45) is 11.8 Å². The molecule has 3 N–H and O–H groups in total. The molecule has 0 aliphatic rings. The molecular weight excluding hydrogens is 921 g/mol. The van der Waals surface area contributed by atoms with Crippen LogP contribution in [0.2, 0.25) is 0 Å². The number of imidazole rings is 2. The normalized spacial score (nSPS) is 12.7. The van der Waals surface area contributed by atoms with Gasteiger partial charge < -0.3 is 28.5 Å². The SMILES string of the molecule is CCOC(=O)NS(=O)(=O)c1cc(CC(C)C)ccc1-c1ccc(Cn2ccnc2C(C)(C)OCC(C)Cc2ccc(-c3ccc(Cn4ccnc4C(C)(C)O)cc3)c(S(=O)(=O)NC(=O)OC)c2)cc1. The van der Waals surface area contributed by atoms with Gasteiger partial charge in [-0.2, -0.15) is 0 Å². The Balaban J connectivity index is 1.15. The van der Waals surface area contributed by atoms with Crippen LogP contribution in [0.15, 0.2) is 120 Å². The number of nitrogens with one attached hydrogen (secondary N) is 2. The minimum Gasteiger partial charge on any atom is -0.452 e. The highest BCUT2D eigenvalue weighted by Crippen LogP contribution is 2.33. The predicted molar refractivity (Wildman–Crippen MR) is 262 cm³/mol. The van der Waals surface area contributed by atoms with Crippen LogP contribution >= 0.6 is 0 Å². The lowest BCUT2D eigenvalue weighted by Crippen LogP contribution is -2.31. The highest BCUT2D eigenvalue weighted by atomic mass is 32.2. The van der Waals surface area contributed by atoms with Gasteiger partial charge in [0.2, 0.25) is 0 Å². The summed E-state index contributed by atoms with van der Waals surface area (Å²) in [5.74, 6) is 1.40. The van der Waals surface area contributed by atoms with Crippen molar-refractivity contribution in [3.05, 3.63) is 144 Å². The zero-order valence-electron chi connectivity index (χ0n) is 40.5. The van der Waals surface area contributed by atoms with Gasteiger partial charge in [-0.3, -0.25) is 0 Å². The Hall–Kier alpha value is -6.34. The zero-order valence-corrected chi connectivity index (χ0v) is 42.1.